The highest BCUT2D eigenvalue weighted by Crippen LogP contribution is 2.35. The summed E-state index contributed by atoms with van der Waals surface area (Å²) in [6, 6.07) is 3.61. The summed E-state index contributed by atoms with van der Waals surface area (Å²) in [4.78, 5) is 0. The van der Waals surface area contributed by atoms with Crippen LogP contribution in [0.2, 0.25) is 0 Å². The summed E-state index contributed by atoms with van der Waals surface area (Å²) in [6.45, 7) is 0. The van der Waals surface area contributed by atoms with Gasteiger partial charge in [0.1, 0.15) is 11.6 Å². The maximum atomic E-state index is 13.4. The van der Waals surface area contributed by atoms with E-state index in [9.17, 15) is 4.39 Å². The van der Waals surface area contributed by atoms with Crippen LogP contribution in [-0.2, 0) is 5.88 Å². The molecular formula is C10H8ClFOS. The third-order valence-electron chi connectivity index (χ3n) is 2.09. The number of methoxy groups -OCH3 is 1. The molecule has 0 aliphatic carbocycles. The molecule has 0 saturated carbocycles. The molecule has 2 rings (SSSR count). The summed E-state index contributed by atoms with van der Waals surface area (Å²) >= 11 is 7.06. The minimum atomic E-state index is -0.223. The number of halogens is 2. The van der Waals surface area contributed by atoms with Crippen molar-refractivity contribution in [2.75, 3.05) is 7.11 Å². The van der Waals surface area contributed by atoms with E-state index in [2.05, 4.69) is 0 Å². The number of rotatable bonds is 2. The van der Waals surface area contributed by atoms with Crippen molar-refractivity contribution < 1.29 is 9.13 Å². The fourth-order valence-corrected chi connectivity index (χ4v) is 2.60. The highest BCUT2D eigenvalue weighted by Gasteiger charge is 2.12. The Labute approximate surface area is 90.1 Å². The predicted octanol–water partition coefficient (Wildman–Crippen LogP) is 3.79. The van der Waals surface area contributed by atoms with Crippen molar-refractivity contribution in [1.82, 2.24) is 0 Å². The van der Waals surface area contributed by atoms with Gasteiger partial charge < -0.3 is 4.74 Å². The van der Waals surface area contributed by atoms with Crippen LogP contribution in [0.1, 0.15) is 5.56 Å². The molecule has 0 aliphatic rings. The van der Waals surface area contributed by atoms with Gasteiger partial charge in [-0.25, -0.2) is 4.39 Å². The van der Waals surface area contributed by atoms with E-state index in [1.807, 2.05) is 6.07 Å². The SMILES string of the molecule is COc1ccc(CCl)c2c(F)csc12. The fourth-order valence-electron chi connectivity index (χ4n) is 1.42. The molecule has 0 aliphatic heterocycles. The topological polar surface area (TPSA) is 9.23 Å². The third-order valence-corrected chi connectivity index (χ3v) is 3.34. The van der Waals surface area contributed by atoms with E-state index >= 15 is 0 Å². The van der Waals surface area contributed by atoms with E-state index in [0.29, 0.717) is 17.0 Å². The van der Waals surface area contributed by atoms with E-state index in [4.69, 9.17) is 16.3 Å². The Bertz CT molecular complexity index is 466. The van der Waals surface area contributed by atoms with Gasteiger partial charge in [-0.2, -0.15) is 0 Å². The molecule has 74 valence electrons. The highest BCUT2D eigenvalue weighted by molar-refractivity contribution is 7.17. The first kappa shape index (κ1) is 9.74. The average molecular weight is 231 g/mol. The largest absolute Gasteiger partial charge is 0.495 e. The average Bonchev–Trinajstić information content (AvgIpc) is 2.60. The zero-order chi connectivity index (χ0) is 10.1. The Balaban J connectivity index is 2.81. The van der Waals surface area contributed by atoms with Gasteiger partial charge in [-0.3, -0.25) is 0 Å². The molecule has 0 fully saturated rings. The van der Waals surface area contributed by atoms with Crippen molar-refractivity contribution >= 4 is 33.0 Å². The van der Waals surface area contributed by atoms with Crippen molar-refractivity contribution in [3.63, 3.8) is 0 Å². The molecule has 0 atom stereocenters. The summed E-state index contributed by atoms with van der Waals surface area (Å²) in [5.74, 6) is 0.788. The Morgan fingerprint density at radius 3 is 2.93 bits per heavy atom. The number of hydrogen-bond donors (Lipinski definition) is 0. The highest BCUT2D eigenvalue weighted by atomic mass is 35.5. The zero-order valence-corrected chi connectivity index (χ0v) is 9.08. The van der Waals surface area contributed by atoms with Gasteiger partial charge in [-0.15, -0.1) is 22.9 Å². The maximum Gasteiger partial charge on any atom is 0.142 e. The van der Waals surface area contributed by atoms with Crippen molar-refractivity contribution in [3.05, 3.63) is 28.9 Å². The van der Waals surface area contributed by atoms with Crippen LogP contribution in [0.25, 0.3) is 10.1 Å². The molecule has 1 aromatic carbocycles. The second-order valence-electron chi connectivity index (χ2n) is 2.85. The lowest BCUT2D eigenvalue weighted by molar-refractivity contribution is 0.420. The molecule has 1 aromatic heterocycles. The van der Waals surface area contributed by atoms with Crippen LogP contribution in [0, 0.1) is 5.82 Å². The van der Waals surface area contributed by atoms with Crippen LogP contribution in [0.4, 0.5) is 4.39 Å². The van der Waals surface area contributed by atoms with Gasteiger partial charge in [0.2, 0.25) is 0 Å². The molecule has 0 radical (unpaired) electrons. The number of thiophene rings is 1. The van der Waals surface area contributed by atoms with Gasteiger partial charge in [-0.1, -0.05) is 6.07 Å². The van der Waals surface area contributed by atoms with E-state index < -0.39 is 0 Å². The predicted molar refractivity (Wildman–Crippen MR) is 57.9 cm³/mol. The first-order chi connectivity index (χ1) is 6.77. The number of ether oxygens (including phenoxy) is 1. The van der Waals surface area contributed by atoms with Crippen LogP contribution < -0.4 is 4.74 Å². The van der Waals surface area contributed by atoms with Crippen LogP contribution in [0.5, 0.6) is 5.75 Å². The van der Waals surface area contributed by atoms with Crippen molar-refractivity contribution in [2.24, 2.45) is 0 Å². The summed E-state index contributed by atoms with van der Waals surface area (Å²) in [6.07, 6.45) is 0. The lowest BCUT2D eigenvalue weighted by Crippen LogP contribution is -1.86. The molecule has 0 saturated heterocycles. The van der Waals surface area contributed by atoms with E-state index in [1.165, 1.54) is 16.7 Å². The van der Waals surface area contributed by atoms with Gasteiger partial charge >= 0.3 is 0 Å². The van der Waals surface area contributed by atoms with Crippen molar-refractivity contribution in [3.8, 4) is 5.75 Å². The Morgan fingerprint density at radius 1 is 1.50 bits per heavy atom. The van der Waals surface area contributed by atoms with Crippen LogP contribution in [-0.4, -0.2) is 7.11 Å². The molecule has 14 heavy (non-hydrogen) atoms. The van der Waals surface area contributed by atoms with Gasteiger partial charge in [0.15, 0.2) is 0 Å². The van der Waals surface area contributed by atoms with Crippen molar-refractivity contribution in [2.45, 2.75) is 5.88 Å². The number of alkyl halides is 1. The molecule has 0 N–H and O–H groups in total. The first-order valence-electron chi connectivity index (χ1n) is 4.06. The molecule has 4 heteroatoms. The maximum absolute atomic E-state index is 13.4. The van der Waals surface area contributed by atoms with Gasteiger partial charge in [-0.05, 0) is 11.6 Å². The molecule has 1 nitrogen and oxygen atoms in total. The first-order valence-corrected chi connectivity index (χ1v) is 5.48. The van der Waals surface area contributed by atoms with E-state index in [0.717, 1.165) is 10.3 Å². The third kappa shape index (κ3) is 1.37. The van der Waals surface area contributed by atoms with Crippen molar-refractivity contribution in [1.29, 1.82) is 0 Å². The van der Waals surface area contributed by atoms with Gasteiger partial charge in [0, 0.05) is 16.6 Å². The molecular weight excluding hydrogens is 223 g/mol. The lowest BCUT2D eigenvalue weighted by atomic mass is 10.1. The molecule has 0 spiro atoms. The fraction of sp³-hybridized carbons (Fsp3) is 0.200. The Kier molecular flexibility index (Phi) is 2.61. The second-order valence-corrected chi connectivity index (χ2v) is 4.00. The molecule has 0 unspecified atom stereocenters. The van der Waals surface area contributed by atoms with Crippen LogP contribution >= 0.6 is 22.9 Å². The standard InChI is InChI=1S/C10H8ClFOS/c1-13-8-3-2-6(4-11)9-7(12)5-14-10(8)9/h2-3,5H,4H2,1H3. The van der Waals surface area contributed by atoms with Gasteiger partial charge in [0.25, 0.3) is 0 Å². The minimum Gasteiger partial charge on any atom is -0.495 e. The Morgan fingerprint density at radius 2 is 2.29 bits per heavy atom. The molecule has 2 aromatic rings. The normalized spacial score (nSPS) is 10.8. The zero-order valence-electron chi connectivity index (χ0n) is 7.51. The summed E-state index contributed by atoms with van der Waals surface area (Å²) in [5, 5.41) is 2.06. The lowest BCUT2D eigenvalue weighted by Gasteiger charge is -2.04. The quantitative estimate of drug-likeness (QED) is 0.714. The molecule has 0 amide bonds. The summed E-state index contributed by atoms with van der Waals surface area (Å²) < 4.78 is 19.4. The molecule has 1 heterocycles. The number of benzene rings is 1. The van der Waals surface area contributed by atoms with E-state index in [1.54, 1.807) is 13.2 Å². The smallest absolute Gasteiger partial charge is 0.142 e. The number of hydrogen-bond acceptors (Lipinski definition) is 2. The van der Waals surface area contributed by atoms with E-state index in [-0.39, 0.29) is 5.82 Å². The van der Waals surface area contributed by atoms with Gasteiger partial charge in [0.05, 0.1) is 11.8 Å². The summed E-state index contributed by atoms with van der Waals surface area (Å²) in [5.41, 5.74) is 0.807. The summed E-state index contributed by atoms with van der Waals surface area (Å²) in [7, 11) is 1.58. The minimum absolute atomic E-state index is 0.223. The monoisotopic (exact) mass is 230 g/mol. The molecule has 0 bridgehead atoms. The van der Waals surface area contributed by atoms with Crippen LogP contribution in [0.15, 0.2) is 17.5 Å². The second kappa shape index (κ2) is 3.75. The van der Waals surface area contributed by atoms with Crippen LogP contribution in [0.3, 0.4) is 0 Å². The Hall–Kier alpha value is -0.800. The number of fused-ring (bicyclic) bond motifs is 1.